The van der Waals surface area contributed by atoms with Crippen molar-refractivity contribution < 1.29 is 4.74 Å². The van der Waals surface area contributed by atoms with Gasteiger partial charge in [-0.15, -0.1) is 0 Å². The minimum absolute atomic E-state index is 0.161. The molecule has 2 nitrogen and oxygen atoms in total. The Kier molecular flexibility index (Phi) is 2.02. The fourth-order valence-electron chi connectivity index (χ4n) is 1.60. The third-order valence-electron chi connectivity index (χ3n) is 2.53. The van der Waals surface area contributed by atoms with Gasteiger partial charge in [0.1, 0.15) is 0 Å². The largest absolute Gasteiger partial charge is 0.375 e. The molecule has 60 valence electrons. The van der Waals surface area contributed by atoms with E-state index in [2.05, 4.69) is 25.8 Å². The number of methoxy groups -OCH3 is 1. The SMILES string of the molecule is COC1(C(C)C)CN(C)C1. The van der Waals surface area contributed by atoms with Gasteiger partial charge < -0.3 is 9.64 Å². The predicted molar refractivity (Wildman–Crippen MR) is 42.1 cm³/mol. The van der Waals surface area contributed by atoms with Gasteiger partial charge in [0.2, 0.25) is 0 Å². The fourth-order valence-corrected chi connectivity index (χ4v) is 1.60. The first-order chi connectivity index (χ1) is 4.60. The van der Waals surface area contributed by atoms with E-state index in [-0.39, 0.29) is 5.60 Å². The highest BCUT2D eigenvalue weighted by Crippen LogP contribution is 2.30. The third-order valence-corrected chi connectivity index (χ3v) is 2.53. The van der Waals surface area contributed by atoms with E-state index in [9.17, 15) is 0 Å². The van der Waals surface area contributed by atoms with Gasteiger partial charge in [-0.2, -0.15) is 0 Å². The summed E-state index contributed by atoms with van der Waals surface area (Å²) in [5.74, 6) is 0.633. The highest BCUT2D eigenvalue weighted by Gasteiger charge is 2.43. The van der Waals surface area contributed by atoms with E-state index in [1.807, 2.05) is 7.11 Å². The topological polar surface area (TPSA) is 12.5 Å². The third kappa shape index (κ3) is 1.06. The maximum atomic E-state index is 5.46. The summed E-state index contributed by atoms with van der Waals surface area (Å²) in [6.07, 6.45) is 0. The van der Waals surface area contributed by atoms with Crippen molar-refractivity contribution in [2.24, 2.45) is 5.92 Å². The van der Waals surface area contributed by atoms with E-state index in [1.54, 1.807) is 0 Å². The van der Waals surface area contributed by atoms with Crippen LogP contribution in [-0.4, -0.2) is 37.7 Å². The van der Waals surface area contributed by atoms with Crippen molar-refractivity contribution in [2.45, 2.75) is 19.4 Å². The van der Waals surface area contributed by atoms with Crippen LogP contribution in [0.5, 0.6) is 0 Å². The summed E-state index contributed by atoms with van der Waals surface area (Å²) in [5.41, 5.74) is 0.161. The van der Waals surface area contributed by atoms with Gasteiger partial charge in [0.25, 0.3) is 0 Å². The zero-order valence-electron chi connectivity index (χ0n) is 7.35. The van der Waals surface area contributed by atoms with E-state index in [0.717, 1.165) is 13.1 Å². The lowest BCUT2D eigenvalue weighted by Gasteiger charge is -2.50. The molecule has 0 aromatic rings. The molecular weight excluding hydrogens is 126 g/mol. The Morgan fingerprint density at radius 1 is 1.40 bits per heavy atom. The number of likely N-dealkylation sites (N-methyl/N-ethyl adjacent to an activating group) is 1. The molecule has 0 aromatic heterocycles. The molecule has 10 heavy (non-hydrogen) atoms. The fraction of sp³-hybridized carbons (Fsp3) is 1.00. The van der Waals surface area contributed by atoms with Crippen LogP contribution < -0.4 is 0 Å². The molecular formula is C8H17NO. The van der Waals surface area contributed by atoms with Gasteiger partial charge in [0, 0.05) is 20.2 Å². The van der Waals surface area contributed by atoms with Gasteiger partial charge in [-0.05, 0) is 13.0 Å². The highest BCUT2D eigenvalue weighted by atomic mass is 16.5. The summed E-state index contributed by atoms with van der Waals surface area (Å²) < 4.78 is 5.46. The van der Waals surface area contributed by atoms with Crippen LogP contribution in [0.1, 0.15) is 13.8 Å². The molecule has 0 radical (unpaired) electrons. The Morgan fingerprint density at radius 3 is 2.00 bits per heavy atom. The Morgan fingerprint density at radius 2 is 1.90 bits per heavy atom. The molecule has 0 unspecified atom stereocenters. The number of ether oxygens (including phenoxy) is 1. The van der Waals surface area contributed by atoms with Crippen LogP contribution in [0.2, 0.25) is 0 Å². The Hall–Kier alpha value is -0.0800. The molecule has 0 N–H and O–H groups in total. The molecule has 0 saturated carbocycles. The molecule has 0 spiro atoms. The van der Waals surface area contributed by atoms with Crippen molar-refractivity contribution in [3.63, 3.8) is 0 Å². The summed E-state index contributed by atoms with van der Waals surface area (Å²) in [5, 5.41) is 0. The second-order valence-corrected chi connectivity index (χ2v) is 3.60. The second kappa shape index (κ2) is 2.51. The first kappa shape index (κ1) is 8.02. The smallest absolute Gasteiger partial charge is 0.0953 e. The molecule has 1 fully saturated rings. The van der Waals surface area contributed by atoms with E-state index in [0.29, 0.717) is 5.92 Å². The number of hydrogen-bond acceptors (Lipinski definition) is 2. The lowest BCUT2D eigenvalue weighted by Crippen LogP contribution is -2.63. The monoisotopic (exact) mass is 143 g/mol. The second-order valence-electron chi connectivity index (χ2n) is 3.60. The number of nitrogens with zero attached hydrogens (tertiary/aromatic N) is 1. The average molecular weight is 143 g/mol. The quantitative estimate of drug-likeness (QED) is 0.571. The molecule has 0 aromatic carbocycles. The van der Waals surface area contributed by atoms with Crippen LogP contribution >= 0.6 is 0 Å². The first-order valence-corrected chi connectivity index (χ1v) is 3.84. The zero-order chi connectivity index (χ0) is 7.78. The summed E-state index contributed by atoms with van der Waals surface area (Å²) in [4.78, 5) is 2.28. The van der Waals surface area contributed by atoms with E-state index < -0.39 is 0 Å². The lowest BCUT2D eigenvalue weighted by atomic mass is 9.83. The van der Waals surface area contributed by atoms with Crippen LogP contribution in [0.3, 0.4) is 0 Å². The summed E-state index contributed by atoms with van der Waals surface area (Å²) in [7, 11) is 3.94. The van der Waals surface area contributed by atoms with Crippen molar-refractivity contribution in [3.05, 3.63) is 0 Å². The Bertz CT molecular complexity index is 116. The summed E-state index contributed by atoms with van der Waals surface area (Å²) in [6, 6.07) is 0. The van der Waals surface area contributed by atoms with E-state index in [1.165, 1.54) is 0 Å². The van der Waals surface area contributed by atoms with Crippen LogP contribution in [0, 0.1) is 5.92 Å². The predicted octanol–water partition coefficient (Wildman–Crippen LogP) is 0.973. The normalized spacial score (nSPS) is 24.9. The molecule has 1 rings (SSSR count). The molecule has 0 aliphatic carbocycles. The van der Waals surface area contributed by atoms with E-state index >= 15 is 0 Å². The minimum Gasteiger partial charge on any atom is -0.375 e. The molecule has 2 heteroatoms. The van der Waals surface area contributed by atoms with Gasteiger partial charge >= 0.3 is 0 Å². The Labute approximate surface area is 63.2 Å². The van der Waals surface area contributed by atoms with Gasteiger partial charge in [-0.3, -0.25) is 0 Å². The number of rotatable bonds is 2. The maximum Gasteiger partial charge on any atom is 0.0953 e. The number of hydrogen-bond donors (Lipinski definition) is 0. The molecule has 1 saturated heterocycles. The van der Waals surface area contributed by atoms with Crippen molar-refractivity contribution in [1.82, 2.24) is 4.90 Å². The maximum absolute atomic E-state index is 5.46. The summed E-state index contributed by atoms with van der Waals surface area (Å²) in [6.45, 7) is 6.61. The lowest BCUT2D eigenvalue weighted by molar-refractivity contribution is -0.142. The van der Waals surface area contributed by atoms with Gasteiger partial charge in [0.05, 0.1) is 5.60 Å². The van der Waals surface area contributed by atoms with Gasteiger partial charge in [0.15, 0.2) is 0 Å². The molecule has 1 heterocycles. The molecule has 0 amide bonds. The highest BCUT2D eigenvalue weighted by molar-refractivity contribution is 4.97. The van der Waals surface area contributed by atoms with Crippen molar-refractivity contribution >= 4 is 0 Å². The van der Waals surface area contributed by atoms with Crippen LogP contribution in [-0.2, 0) is 4.74 Å². The van der Waals surface area contributed by atoms with Crippen LogP contribution in [0.4, 0.5) is 0 Å². The standard InChI is InChI=1S/C8H17NO/c1-7(2)8(10-4)5-9(3)6-8/h7H,5-6H2,1-4H3. The van der Waals surface area contributed by atoms with Gasteiger partial charge in [-0.1, -0.05) is 13.8 Å². The molecule has 0 bridgehead atoms. The van der Waals surface area contributed by atoms with Crippen molar-refractivity contribution in [1.29, 1.82) is 0 Å². The van der Waals surface area contributed by atoms with Gasteiger partial charge in [-0.25, -0.2) is 0 Å². The van der Waals surface area contributed by atoms with E-state index in [4.69, 9.17) is 4.74 Å². The van der Waals surface area contributed by atoms with Crippen molar-refractivity contribution in [2.75, 3.05) is 27.2 Å². The molecule has 0 atom stereocenters. The summed E-state index contributed by atoms with van der Waals surface area (Å²) >= 11 is 0. The zero-order valence-corrected chi connectivity index (χ0v) is 7.35. The van der Waals surface area contributed by atoms with Crippen LogP contribution in [0.15, 0.2) is 0 Å². The minimum atomic E-state index is 0.161. The molecule has 1 aliphatic heterocycles. The van der Waals surface area contributed by atoms with Crippen molar-refractivity contribution in [3.8, 4) is 0 Å². The molecule has 1 aliphatic rings. The number of likely N-dealkylation sites (tertiary alicyclic amines) is 1. The Balaban J connectivity index is 2.48. The van der Waals surface area contributed by atoms with Crippen LogP contribution in [0.25, 0.3) is 0 Å². The average Bonchev–Trinajstić information content (AvgIpc) is 1.79. The first-order valence-electron chi connectivity index (χ1n) is 3.84.